The summed E-state index contributed by atoms with van der Waals surface area (Å²) in [7, 11) is -3.90. The summed E-state index contributed by atoms with van der Waals surface area (Å²) in [6.07, 6.45) is 1.61. The van der Waals surface area contributed by atoms with E-state index < -0.39 is 10.0 Å². The van der Waals surface area contributed by atoms with Gasteiger partial charge < -0.3 is 5.73 Å². The van der Waals surface area contributed by atoms with Gasteiger partial charge in [-0.3, -0.25) is 4.72 Å². The number of hydrogen-bond acceptors (Lipinski definition) is 5. The Kier molecular flexibility index (Phi) is 4.84. The molecule has 3 N–H and O–H groups in total. The van der Waals surface area contributed by atoms with Crippen LogP contribution in [0.4, 0.5) is 11.6 Å². The number of nitrogens with one attached hydrogen (secondary N) is 1. The molecule has 6 nitrogen and oxygen atoms in total. The van der Waals surface area contributed by atoms with Gasteiger partial charge in [0, 0.05) is 17.5 Å². The van der Waals surface area contributed by atoms with Crippen LogP contribution in [0.25, 0.3) is 11.1 Å². The summed E-state index contributed by atoms with van der Waals surface area (Å²) < 4.78 is 28.0. The maximum absolute atomic E-state index is 12.8. The van der Waals surface area contributed by atoms with Gasteiger partial charge in [0.25, 0.3) is 10.0 Å². The van der Waals surface area contributed by atoms with Crippen LogP contribution in [-0.2, 0) is 10.0 Å². The number of sulfonamides is 1. The first-order valence-electron chi connectivity index (χ1n) is 7.75. The molecule has 0 spiro atoms. The van der Waals surface area contributed by atoms with E-state index in [-0.39, 0.29) is 15.7 Å². The maximum Gasteiger partial charge on any atom is 0.264 e. The molecule has 0 aliphatic heterocycles. The highest BCUT2D eigenvalue weighted by Crippen LogP contribution is 2.31. The van der Waals surface area contributed by atoms with Crippen LogP contribution in [0.5, 0.6) is 0 Å². The van der Waals surface area contributed by atoms with Gasteiger partial charge in [-0.05, 0) is 55.3 Å². The molecule has 8 heteroatoms. The lowest BCUT2D eigenvalue weighted by Gasteiger charge is -2.12. The number of nitrogens with two attached hydrogens (primary N) is 1. The summed E-state index contributed by atoms with van der Waals surface area (Å²) in [4.78, 5) is 8.21. The fourth-order valence-electron chi connectivity index (χ4n) is 2.55. The van der Waals surface area contributed by atoms with Gasteiger partial charge in [0.2, 0.25) is 0 Å². The van der Waals surface area contributed by atoms with Crippen molar-refractivity contribution in [1.82, 2.24) is 9.97 Å². The average Bonchev–Trinajstić information content (AvgIpc) is 2.55. The van der Waals surface area contributed by atoms with Crippen molar-refractivity contribution >= 4 is 33.3 Å². The van der Waals surface area contributed by atoms with E-state index in [9.17, 15) is 8.42 Å². The van der Waals surface area contributed by atoms with Crippen LogP contribution in [0.15, 0.2) is 53.6 Å². The third kappa shape index (κ3) is 3.79. The number of nitrogens with zero attached hydrogens (tertiary/aromatic N) is 2. The second-order valence-electron chi connectivity index (χ2n) is 5.84. The first-order valence-corrected chi connectivity index (χ1v) is 9.61. The molecule has 1 aromatic carbocycles. The molecular formula is C18H17ClN4O2S. The highest BCUT2D eigenvalue weighted by molar-refractivity contribution is 7.92. The van der Waals surface area contributed by atoms with Crippen molar-refractivity contribution in [3.05, 3.63) is 64.9 Å². The number of benzene rings is 1. The molecule has 0 atom stereocenters. The highest BCUT2D eigenvalue weighted by Gasteiger charge is 2.20. The van der Waals surface area contributed by atoms with Gasteiger partial charge in [0.05, 0.1) is 5.02 Å². The van der Waals surface area contributed by atoms with Gasteiger partial charge in [-0.2, -0.15) is 0 Å². The number of pyridine rings is 2. The van der Waals surface area contributed by atoms with Crippen molar-refractivity contribution in [1.29, 1.82) is 0 Å². The molecule has 0 saturated heterocycles. The second-order valence-corrected chi connectivity index (χ2v) is 7.90. The van der Waals surface area contributed by atoms with Gasteiger partial charge >= 0.3 is 0 Å². The van der Waals surface area contributed by atoms with Gasteiger partial charge in [-0.15, -0.1) is 0 Å². The monoisotopic (exact) mass is 388 g/mol. The normalized spacial score (nSPS) is 11.3. The number of hydrogen-bond donors (Lipinski definition) is 2. The lowest BCUT2D eigenvalue weighted by molar-refractivity contribution is 0.601. The highest BCUT2D eigenvalue weighted by atomic mass is 35.5. The quantitative estimate of drug-likeness (QED) is 0.708. The second kappa shape index (κ2) is 6.93. The lowest BCUT2D eigenvalue weighted by Crippen LogP contribution is -2.14. The molecule has 2 heterocycles. The minimum atomic E-state index is -3.90. The molecule has 0 bridgehead atoms. The predicted octanol–water partition coefficient (Wildman–Crippen LogP) is 3.80. The lowest BCUT2D eigenvalue weighted by atomic mass is 10.0. The number of nitrogen functional groups attached to an aromatic ring is 1. The molecule has 0 unspecified atom stereocenters. The maximum atomic E-state index is 12.8. The Morgan fingerprint density at radius 2 is 1.88 bits per heavy atom. The van der Waals surface area contributed by atoms with Crippen LogP contribution in [0, 0.1) is 13.8 Å². The molecule has 0 saturated carbocycles. The first kappa shape index (κ1) is 18.2. The zero-order valence-corrected chi connectivity index (χ0v) is 15.8. The van der Waals surface area contributed by atoms with E-state index in [1.54, 1.807) is 49.5 Å². The Morgan fingerprint density at radius 1 is 1.12 bits per heavy atom. The zero-order chi connectivity index (χ0) is 18.9. The van der Waals surface area contributed by atoms with E-state index in [1.165, 1.54) is 6.07 Å². The summed E-state index contributed by atoms with van der Waals surface area (Å²) in [5.41, 5.74) is 8.73. The molecule has 0 fully saturated rings. The molecule has 0 aliphatic carbocycles. The number of aromatic nitrogens is 2. The van der Waals surface area contributed by atoms with Crippen LogP contribution in [0.2, 0.25) is 5.02 Å². The number of rotatable bonds is 4. The number of anilines is 2. The average molecular weight is 389 g/mol. The summed E-state index contributed by atoms with van der Waals surface area (Å²) in [5, 5.41) is 0.120. The summed E-state index contributed by atoms with van der Waals surface area (Å²) >= 11 is 6.16. The van der Waals surface area contributed by atoms with Crippen molar-refractivity contribution in [2.45, 2.75) is 18.7 Å². The Bertz CT molecular complexity index is 1080. The van der Waals surface area contributed by atoms with Crippen molar-refractivity contribution in [3.8, 4) is 11.1 Å². The topological polar surface area (TPSA) is 98.0 Å². The van der Waals surface area contributed by atoms with Gasteiger partial charge in [-0.1, -0.05) is 23.7 Å². The third-order valence-corrected chi connectivity index (χ3v) is 5.63. The van der Waals surface area contributed by atoms with E-state index in [1.807, 2.05) is 6.92 Å². The molecular weight excluding hydrogens is 372 g/mol. The smallest absolute Gasteiger partial charge is 0.264 e. The molecule has 3 aromatic rings. The number of halogens is 1. The van der Waals surface area contributed by atoms with Gasteiger partial charge in [0.1, 0.15) is 16.5 Å². The van der Waals surface area contributed by atoms with Gasteiger partial charge in [-0.25, -0.2) is 18.4 Å². The minimum absolute atomic E-state index is 0.0313. The molecule has 2 aromatic heterocycles. The van der Waals surface area contributed by atoms with Crippen LogP contribution in [-0.4, -0.2) is 18.4 Å². The number of aryl methyl sites for hydroxylation is 2. The Hall–Kier alpha value is -2.64. The molecule has 0 radical (unpaired) electrons. The van der Waals surface area contributed by atoms with Crippen molar-refractivity contribution < 1.29 is 8.42 Å². The van der Waals surface area contributed by atoms with Crippen molar-refractivity contribution in [2.75, 3.05) is 10.5 Å². The third-order valence-electron chi connectivity index (χ3n) is 3.79. The predicted molar refractivity (Wildman–Crippen MR) is 104 cm³/mol. The first-order chi connectivity index (χ1) is 12.3. The van der Waals surface area contributed by atoms with E-state index in [0.29, 0.717) is 17.1 Å². The van der Waals surface area contributed by atoms with Crippen LogP contribution in [0.3, 0.4) is 0 Å². The summed E-state index contributed by atoms with van der Waals surface area (Å²) in [5.74, 6) is 0.636. The zero-order valence-electron chi connectivity index (χ0n) is 14.2. The van der Waals surface area contributed by atoms with Crippen LogP contribution in [0.1, 0.15) is 11.3 Å². The van der Waals surface area contributed by atoms with E-state index >= 15 is 0 Å². The molecule has 3 rings (SSSR count). The summed E-state index contributed by atoms with van der Waals surface area (Å²) in [6, 6.07) is 11.6. The van der Waals surface area contributed by atoms with Crippen LogP contribution >= 0.6 is 11.6 Å². The molecule has 0 aliphatic rings. The SMILES string of the molecule is Cc1cccc(NS(=O)(=O)c2cc(-c3cnc(N)cc3C)ccc2Cl)n1. The van der Waals surface area contributed by atoms with Crippen molar-refractivity contribution in [3.63, 3.8) is 0 Å². The van der Waals surface area contributed by atoms with E-state index in [2.05, 4.69) is 14.7 Å². The van der Waals surface area contributed by atoms with E-state index in [0.717, 1.165) is 11.1 Å². The fourth-order valence-corrected chi connectivity index (χ4v) is 4.08. The molecule has 26 heavy (non-hydrogen) atoms. The molecule has 134 valence electrons. The Morgan fingerprint density at radius 3 is 2.58 bits per heavy atom. The largest absolute Gasteiger partial charge is 0.384 e. The molecule has 0 amide bonds. The van der Waals surface area contributed by atoms with Crippen molar-refractivity contribution in [2.24, 2.45) is 0 Å². The minimum Gasteiger partial charge on any atom is -0.384 e. The van der Waals surface area contributed by atoms with Gasteiger partial charge in [0.15, 0.2) is 0 Å². The standard InChI is InChI=1S/C18H17ClN4O2S/c1-11-8-17(20)21-10-14(11)13-6-7-15(19)16(9-13)26(24,25)23-18-5-3-4-12(2)22-18/h3-10H,1-2H3,(H2,20,21)(H,22,23). The van der Waals surface area contributed by atoms with E-state index in [4.69, 9.17) is 17.3 Å². The summed E-state index contributed by atoms with van der Waals surface area (Å²) in [6.45, 7) is 3.66. The van der Waals surface area contributed by atoms with Crippen LogP contribution < -0.4 is 10.5 Å². The Balaban J connectivity index is 2.04. The fraction of sp³-hybridized carbons (Fsp3) is 0.111. The Labute approximate surface area is 157 Å².